The number of hydrogen-bond donors (Lipinski definition) is 0. The summed E-state index contributed by atoms with van der Waals surface area (Å²) in [5.74, 6) is 0.457. The van der Waals surface area contributed by atoms with Crippen molar-refractivity contribution in [1.29, 1.82) is 0 Å². The van der Waals surface area contributed by atoms with Crippen molar-refractivity contribution in [1.82, 2.24) is 14.8 Å². The van der Waals surface area contributed by atoms with Gasteiger partial charge in [0.15, 0.2) is 0 Å². The Morgan fingerprint density at radius 1 is 1.29 bits per heavy atom. The molecule has 0 saturated carbocycles. The fourth-order valence-corrected chi connectivity index (χ4v) is 1.53. The summed E-state index contributed by atoms with van der Waals surface area (Å²) in [5, 5.41) is 4.10. The third-order valence-corrected chi connectivity index (χ3v) is 2.45. The topological polar surface area (TPSA) is 30.7 Å². The van der Waals surface area contributed by atoms with Gasteiger partial charge in [-0.1, -0.05) is 11.6 Å². The molecular weight excluding hydrogens is 255 g/mol. The summed E-state index contributed by atoms with van der Waals surface area (Å²) in [6, 6.07) is 3.06. The molecule has 90 valence electrons. The highest BCUT2D eigenvalue weighted by Gasteiger charge is 2.31. The monoisotopic (exact) mass is 261 g/mol. The third-order valence-electron chi connectivity index (χ3n) is 2.13. The zero-order valence-electron chi connectivity index (χ0n) is 8.66. The van der Waals surface area contributed by atoms with E-state index < -0.39 is 11.7 Å². The Balaban J connectivity index is 2.54. The highest BCUT2D eigenvalue weighted by molar-refractivity contribution is 6.32. The maximum atomic E-state index is 12.5. The van der Waals surface area contributed by atoms with E-state index in [0.29, 0.717) is 5.82 Å². The Morgan fingerprint density at radius 3 is 2.53 bits per heavy atom. The van der Waals surface area contributed by atoms with Crippen LogP contribution in [0.1, 0.15) is 11.4 Å². The minimum Gasteiger partial charge on any atom is -0.220 e. The van der Waals surface area contributed by atoms with Crippen molar-refractivity contribution in [3.8, 4) is 5.69 Å². The van der Waals surface area contributed by atoms with E-state index in [9.17, 15) is 13.2 Å². The lowest BCUT2D eigenvalue weighted by Gasteiger charge is -2.09. The quantitative estimate of drug-likeness (QED) is 0.789. The summed E-state index contributed by atoms with van der Waals surface area (Å²) in [5.41, 5.74) is -0.618. The molecule has 3 nitrogen and oxygen atoms in total. The number of halogens is 4. The lowest BCUT2D eigenvalue weighted by molar-refractivity contribution is -0.137. The zero-order chi connectivity index (χ0) is 12.6. The molecule has 0 atom stereocenters. The van der Waals surface area contributed by atoms with E-state index in [0.717, 1.165) is 12.1 Å². The van der Waals surface area contributed by atoms with Gasteiger partial charge in [0.2, 0.25) is 0 Å². The first-order valence-electron chi connectivity index (χ1n) is 4.63. The van der Waals surface area contributed by atoms with Gasteiger partial charge in [-0.15, -0.1) is 0 Å². The first kappa shape index (κ1) is 11.9. The molecule has 1 aromatic carbocycles. The molecule has 0 bridgehead atoms. The lowest BCUT2D eigenvalue weighted by Crippen LogP contribution is -2.06. The summed E-state index contributed by atoms with van der Waals surface area (Å²) in [4.78, 5) is 3.84. The van der Waals surface area contributed by atoms with Crippen LogP contribution in [0.4, 0.5) is 13.2 Å². The second-order valence-electron chi connectivity index (χ2n) is 3.40. The Bertz CT molecular complexity index is 548. The molecule has 7 heteroatoms. The Hall–Kier alpha value is -1.56. The van der Waals surface area contributed by atoms with Gasteiger partial charge in [0.25, 0.3) is 0 Å². The molecule has 0 saturated heterocycles. The molecule has 0 aliphatic carbocycles. The van der Waals surface area contributed by atoms with Crippen molar-refractivity contribution in [3.63, 3.8) is 0 Å². The predicted molar refractivity (Wildman–Crippen MR) is 56.1 cm³/mol. The van der Waals surface area contributed by atoms with Gasteiger partial charge in [0.05, 0.1) is 16.3 Å². The summed E-state index contributed by atoms with van der Waals surface area (Å²) in [6.07, 6.45) is -3.09. The van der Waals surface area contributed by atoms with E-state index in [2.05, 4.69) is 10.1 Å². The first-order chi connectivity index (χ1) is 7.88. The van der Waals surface area contributed by atoms with Gasteiger partial charge in [0.1, 0.15) is 12.2 Å². The molecule has 0 fully saturated rings. The van der Waals surface area contributed by atoms with Gasteiger partial charge in [-0.3, -0.25) is 0 Å². The van der Waals surface area contributed by atoms with E-state index in [1.165, 1.54) is 17.1 Å². The highest BCUT2D eigenvalue weighted by atomic mass is 35.5. The summed E-state index contributed by atoms with van der Waals surface area (Å²) in [6.45, 7) is 1.64. The van der Waals surface area contributed by atoms with Crippen molar-refractivity contribution in [2.45, 2.75) is 13.1 Å². The zero-order valence-corrected chi connectivity index (χ0v) is 9.42. The predicted octanol–water partition coefficient (Wildman–Crippen LogP) is 3.25. The maximum absolute atomic E-state index is 12.5. The third kappa shape index (κ3) is 2.41. The van der Waals surface area contributed by atoms with Gasteiger partial charge in [-0.25, -0.2) is 9.67 Å². The number of hydrogen-bond acceptors (Lipinski definition) is 2. The standard InChI is InChI=1S/C10H7ClF3N3/c1-6-15-5-17(16-6)9-4-7(10(12,13)14)2-3-8(9)11/h2-5H,1H3. The summed E-state index contributed by atoms with van der Waals surface area (Å²) in [7, 11) is 0. The van der Waals surface area contributed by atoms with E-state index in [-0.39, 0.29) is 10.7 Å². The van der Waals surface area contributed by atoms with Crippen LogP contribution in [0.25, 0.3) is 5.69 Å². The number of rotatable bonds is 1. The summed E-state index contributed by atoms with van der Waals surface area (Å²) < 4.78 is 38.8. The molecular formula is C10H7ClF3N3. The SMILES string of the molecule is Cc1ncn(-c2cc(C(F)(F)F)ccc2Cl)n1. The number of alkyl halides is 3. The molecule has 0 spiro atoms. The van der Waals surface area contributed by atoms with Gasteiger partial charge in [0, 0.05) is 0 Å². The molecule has 2 rings (SSSR count). The number of aromatic nitrogens is 3. The lowest BCUT2D eigenvalue weighted by atomic mass is 10.2. The second kappa shape index (κ2) is 4.03. The minimum atomic E-state index is -4.41. The van der Waals surface area contributed by atoms with E-state index in [4.69, 9.17) is 11.6 Å². The van der Waals surface area contributed by atoms with E-state index in [1.54, 1.807) is 6.92 Å². The van der Waals surface area contributed by atoms with Crippen molar-refractivity contribution >= 4 is 11.6 Å². The van der Waals surface area contributed by atoms with Gasteiger partial charge < -0.3 is 0 Å². The molecule has 1 aromatic heterocycles. The van der Waals surface area contributed by atoms with Crippen molar-refractivity contribution in [2.75, 3.05) is 0 Å². The van der Waals surface area contributed by atoms with Crippen LogP contribution in [0.3, 0.4) is 0 Å². The van der Waals surface area contributed by atoms with Gasteiger partial charge in [-0.2, -0.15) is 18.3 Å². The van der Waals surface area contributed by atoms with Gasteiger partial charge in [-0.05, 0) is 25.1 Å². The van der Waals surface area contributed by atoms with Crippen LogP contribution < -0.4 is 0 Å². The van der Waals surface area contributed by atoms with Crippen molar-refractivity contribution < 1.29 is 13.2 Å². The largest absolute Gasteiger partial charge is 0.416 e. The molecule has 0 N–H and O–H groups in total. The Kier molecular flexibility index (Phi) is 2.82. The molecule has 0 aliphatic rings. The average molecular weight is 262 g/mol. The van der Waals surface area contributed by atoms with Crippen LogP contribution >= 0.6 is 11.6 Å². The van der Waals surface area contributed by atoms with Crippen molar-refractivity contribution in [2.24, 2.45) is 0 Å². The molecule has 0 unspecified atom stereocenters. The summed E-state index contributed by atoms with van der Waals surface area (Å²) >= 11 is 5.83. The molecule has 0 aliphatic heterocycles. The highest BCUT2D eigenvalue weighted by Crippen LogP contribution is 2.32. The molecule has 2 aromatic rings. The smallest absolute Gasteiger partial charge is 0.220 e. The Labute approximate surface area is 99.8 Å². The minimum absolute atomic E-state index is 0.155. The fourth-order valence-electron chi connectivity index (χ4n) is 1.33. The van der Waals surface area contributed by atoms with E-state index >= 15 is 0 Å². The fraction of sp³-hybridized carbons (Fsp3) is 0.200. The molecule has 17 heavy (non-hydrogen) atoms. The first-order valence-corrected chi connectivity index (χ1v) is 5.01. The molecule has 0 radical (unpaired) electrons. The average Bonchev–Trinajstić information content (AvgIpc) is 2.63. The van der Waals surface area contributed by atoms with Crippen LogP contribution in [-0.2, 0) is 6.18 Å². The molecule has 0 amide bonds. The van der Waals surface area contributed by atoms with Crippen LogP contribution in [0.15, 0.2) is 24.5 Å². The number of aryl methyl sites for hydroxylation is 1. The Morgan fingerprint density at radius 2 is 2.00 bits per heavy atom. The van der Waals surface area contributed by atoms with Crippen LogP contribution in [0.5, 0.6) is 0 Å². The molecule has 1 heterocycles. The van der Waals surface area contributed by atoms with Crippen molar-refractivity contribution in [3.05, 3.63) is 40.9 Å². The van der Waals surface area contributed by atoms with Gasteiger partial charge >= 0.3 is 6.18 Å². The van der Waals surface area contributed by atoms with E-state index in [1.807, 2.05) is 0 Å². The number of nitrogens with zero attached hydrogens (tertiary/aromatic N) is 3. The van der Waals surface area contributed by atoms with Crippen LogP contribution in [0, 0.1) is 6.92 Å². The number of benzene rings is 1. The van der Waals surface area contributed by atoms with Crippen LogP contribution in [0.2, 0.25) is 5.02 Å². The maximum Gasteiger partial charge on any atom is 0.416 e. The normalized spacial score (nSPS) is 11.8. The second-order valence-corrected chi connectivity index (χ2v) is 3.81. The van der Waals surface area contributed by atoms with Crippen LogP contribution in [-0.4, -0.2) is 14.8 Å².